The summed E-state index contributed by atoms with van der Waals surface area (Å²) in [7, 11) is 0. The zero-order chi connectivity index (χ0) is 12.7. The monoisotopic (exact) mass is 239 g/mol. The molecule has 2 amide bonds. The van der Waals surface area contributed by atoms with Gasteiger partial charge in [-0.25, -0.2) is 0 Å². The van der Waals surface area contributed by atoms with Crippen LogP contribution in [0.5, 0.6) is 0 Å². The van der Waals surface area contributed by atoms with Gasteiger partial charge < -0.3 is 16.0 Å². The van der Waals surface area contributed by atoms with E-state index in [9.17, 15) is 9.59 Å². The zero-order valence-corrected chi connectivity index (χ0v) is 10.6. The van der Waals surface area contributed by atoms with Crippen LogP contribution in [0.25, 0.3) is 0 Å². The Morgan fingerprint density at radius 1 is 1.35 bits per heavy atom. The number of carbonyl (C=O) groups is 2. The molecule has 0 aromatic rings. The molecule has 0 aromatic heterocycles. The van der Waals surface area contributed by atoms with Crippen LogP contribution in [0.3, 0.4) is 0 Å². The van der Waals surface area contributed by atoms with Crippen molar-refractivity contribution < 1.29 is 9.59 Å². The maximum atomic E-state index is 12.5. The minimum absolute atomic E-state index is 0.0603. The summed E-state index contributed by atoms with van der Waals surface area (Å²) in [5.74, 6) is -0.159. The van der Waals surface area contributed by atoms with E-state index in [1.807, 2.05) is 0 Å². The molecule has 1 aliphatic carbocycles. The summed E-state index contributed by atoms with van der Waals surface area (Å²) in [6, 6.07) is 0. The average Bonchev–Trinajstić information content (AvgIpc) is 2.70. The summed E-state index contributed by atoms with van der Waals surface area (Å²) in [4.78, 5) is 26.0. The molecule has 1 aliphatic heterocycles. The third-order valence-corrected chi connectivity index (χ3v) is 4.02. The topological polar surface area (TPSA) is 75.4 Å². The molecule has 0 spiro atoms. The maximum Gasteiger partial charge on any atom is 0.245 e. The summed E-state index contributed by atoms with van der Waals surface area (Å²) < 4.78 is 0. The lowest BCUT2D eigenvalue weighted by Gasteiger charge is -2.44. The summed E-state index contributed by atoms with van der Waals surface area (Å²) in [5, 5.41) is 2.79. The third-order valence-electron chi connectivity index (χ3n) is 4.02. The van der Waals surface area contributed by atoms with Crippen molar-refractivity contribution in [3.63, 3.8) is 0 Å². The molecule has 5 heteroatoms. The van der Waals surface area contributed by atoms with E-state index in [1.54, 1.807) is 18.7 Å². The largest absolute Gasteiger partial charge is 0.352 e. The molecule has 2 rings (SSSR count). The van der Waals surface area contributed by atoms with Crippen molar-refractivity contribution in [1.29, 1.82) is 0 Å². The highest BCUT2D eigenvalue weighted by Crippen LogP contribution is 2.31. The van der Waals surface area contributed by atoms with E-state index in [-0.39, 0.29) is 11.8 Å². The van der Waals surface area contributed by atoms with Gasteiger partial charge in [0.2, 0.25) is 11.8 Å². The van der Waals surface area contributed by atoms with E-state index < -0.39 is 11.1 Å². The Labute approximate surface area is 102 Å². The molecule has 3 N–H and O–H groups in total. The Morgan fingerprint density at radius 3 is 2.53 bits per heavy atom. The van der Waals surface area contributed by atoms with Crippen molar-refractivity contribution in [2.45, 2.75) is 50.6 Å². The lowest BCUT2D eigenvalue weighted by molar-refractivity contribution is -0.152. The predicted octanol–water partition coefficient (Wildman–Crippen LogP) is -0.00510. The van der Waals surface area contributed by atoms with Crippen LogP contribution in [0.1, 0.15) is 39.5 Å². The molecule has 0 unspecified atom stereocenters. The summed E-state index contributed by atoms with van der Waals surface area (Å²) in [6.07, 6.45) is 3.48. The SMILES string of the molecule is CC1(C)C(=O)NCCN1C(=O)C1(N)CCCC1. The van der Waals surface area contributed by atoms with Crippen molar-refractivity contribution in [2.24, 2.45) is 5.73 Å². The molecule has 17 heavy (non-hydrogen) atoms. The first-order valence-corrected chi connectivity index (χ1v) is 6.27. The van der Waals surface area contributed by atoms with Crippen LogP contribution in [0, 0.1) is 0 Å². The second-order valence-electron chi connectivity index (χ2n) is 5.63. The van der Waals surface area contributed by atoms with Crippen molar-refractivity contribution in [3.8, 4) is 0 Å². The van der Waals surface area contributed by atoms with Crippen LogP contribution in [-0.2, 0) is 9.59 Å². The van der Waals surface area contributed by atoms with Crippen LogP contribution in [0.2, 0.25) is 0 Å². The first-order valence-electron chi connectivity index (χ1n) is 6.27. The maximum absolute atomic E-state index is 12.5. The smallest absolute Gasteiger partial charge is 0.245 e. The van der Waals surface area contributed by atoms with E-state index in [1.165, 1.54) is 0 Å². The summed E-state index contributed by atoms with van der Waals surface area (Å²) in [6.45, 7) is 4.62. The van der Waals surface area contributed by atoms with E-state index in [0.29, 0.717) is 13.1 Å². The number of nitrogens with one attached hydrogen (secondary N) is 1. The van der Waals surface area contributed by atoms with Crippen LogP contribution < -0.4 is 11.1 Å². The van der Waals surface area contributed by atoms with Gasteiger partial charge in [-0.1, -0.05) is 12.8 Å². The lowest BCUT2D eigenvalue weighted by Crippen LogP contribution is -2.68. The molecule has 1 saturated carbocycles. The van der Waals surface area contributed by atoms with E-state index in [0.717, 1.165) is 25.7 Å². The number of nitrogens with zero attached hydrogens (tertiary/aromatic N) is 1. The number of hydrogen-bond donors (Lipinski definition) is 2. The minimum atomic E-state index is -0.787. The fourth-order valence-corrected chi connectivity index (χ4v) is 2.74. The standard InChI is InChI=1S/C12H21N3O2/c1-11(2)9(16)14-7-8-15(11)10(17)12(13)5-3-4-6-12/h3-8,13H2,1-2H3,(H,14,16). The fourth-order valence-electron chi connectivity index (χ4n) is 2.74. The second kappa shape index (κ2) is 3.98. The van der Waals surface area contributed by atoms with Crippen LogP contribution in [0.15, 0.2) is 0 Å². The molecular formula is C12H21N3O2. The minimum Gasteiger partial charge on any atom is -0.352 e. The molecule has 96 valence electrons. The second-order valence-corrected chi connectivity index (χ2v) is 5.63. The van der Waals surface area contributed by atoms with Gasteiger partial charge >= 0.3 is 0 Å². The van der Waals surface area contributed by atoms with Crippen molar-refractivity contribution in [2.75, 3.05) is 13.1 Å². The molecule has 0 bridgehead atoms. The number of nitrogens with two attached hydrogens (primary N) is 1. The van der Waals surface area contributed by atoms with Crippen molar-refractivity contribution in [3.05, 3.63) is 0 Å². The van der Waals surface area contributed by atoms with Crippen molar-refractivity contribution >= 4 is 11.8 Å². The van der Waals surface area contributed by atoms with E-state index in [2.05, 4.69) is 5.32 Å². The van der Waals surface area contributed by atoms with Gasteiger partial charge in [0.25, 0.3) is 0 Å². The molecule has 2 aliphatic rings. The van der Waals surface area contributed by atoms with Gasteiger partial charge in [-0.2, -0.15) is 0 Å². The van der Waals surface area contributed by atoms with Gasteiger partial charge in [0, 0.05) is 13.1 Å². The molecule has 5 nitrogen and oxygen atoms in total. The molecule has 0 radical (unpaired) electrons. The summed E-state index contributed by atoms with van der Waals surface area (Å²) >= 11 is 0. The first kappa shape index (κ1) is 12.4. The molecular weight excluding hydrogens is 218 g/mol. The quantitative estimate of drug-likeness (QED) is 0.676. The third kappa shape index (κ3) is 1.92. The number of rotatable bonds is 1. The number of piperazine rings is 1. The fraction of sp³-hybridized carbons (Fsp3) is 0.833. The van der Waals surface area contributed by atoms with Crippen LogP contribution in [-0.4, -0.2) is 40.9 Å². The first-order chi connectivity index (χ1) is 7.88. The van der Waals surface area contributed by atoms with Crippen LogP contribution in [0.4, 0.5) is 0 Å². The van der Waals surface area contributed by atoms with Crippen LogP contribution >= 0.6 is 0 Å². The molecule has 2 fully saturated rings. The van der Waals surface area contributed by atoms with Crippen molar-refractivity contribution in [1.82, 2.24) is 10.2 Å². The predicted molar refractivity (Wildman–Crippen MR) is 64.2 cm³/mol. The normalized spacial score (nSPS) is 26.8. The van der Waals surface area contributed by atoms with Gasteiger partial charge in [0.1, 0.15) is 5.54 Å². The highest BCUT2D eigenvalue weighted by Gasteiger charge is 2.47. The Balaban J connectivity index is 2.21. The lowest BCUT2D eigenvalue weighted by atomic mass is 9.91. The number of amides is 2. The molecule has 1 heterocycles. The Bertz CT molecular complexity index is 346. The molecule has 1 saturated heterocycles. The van der Waals surface area contributed by atoms with E-state index >= 15 is 0 Å². The highest BCUT2D eigenvalue weighted by molar-refractivity contribution is 5.95. The van der Waals surface area contributed by atoms with Gasteiger partial charge in [-0.05, 0) is 26.7 Å². The number of carbonyl (C=O) groups excluding carboxylic acids is 2. The summed E-state index contributed by atoms with van der Waals surface area (Å²) in [5.41, 5.74) is 4.65. The van der Waals surface area contributed by atoms with Gasteiger partial charge in [0.05, 0.1) is 5.54 Å². The van der Waals surface area contributed by atoms with Gasteiger partial charge in [-0.15, -0.1) is 0 Å². The van der Waals surface area contributed by atoms with E-state index in [4.69, 9.17) is 5.73 Å². The Morgan fingerprint density at radius 2 is 1.94 bits per heavy atom. The van der Waals surface area contributed by atoms with Gasteiger partial charge in [-0.3, -0.25) is 9.59 Å². The molecule has 0 atom stereocenters. The molecule has 0 aromatic carbocycles. The van der Waals surface area contributed by atoms with Gasteiger partial charge in [0.15, 0.2) is 0 Å². The number of hydrogen-bond acceptors (Lipinski definition) is 3. The Kier molecular flexibility index (Phi) is 2.89. The average molecular weight is 239 g/mol. The Hall–Kier alpha value is -1.10. The highest BCUT2D eigenvalue weighted by atomic mass is 16.2. The zero-order valence-electron chi connectivity index (χ0n) is 10.6.